The van der Waals surface area contributed by atoms with Gasteiger partial charge in [-0.25, -0.2) is 0 Å². The summed E-state index contributed by atoms with van der Waals surface area (Å²) in [5.74, 6) is 0.991. The Labute approximate surface area is 125 Å². The monoisotopic (exact) mass is 290 g/mol. The van der Waals surface area contributed by atoms with E-state index in [1.807, 2.05) is 13.0 Å². The van der Waals surface area contributed by atoms with E-state index in [9.17, 15) is 5.26 Å². The van der Waals surface area contributed by atoms with Crippen LogP contribution in [-0.4, -0.2) is 31.6 Å². The zero-order chi connectivity index (χ0) is 14.4. The molecule has 1 aromatic rings. The van der Waals surface area contributed by atoms with Crippen LogP contribution >= 0.6 is 11.8 Å². The molecule has 1 aromatic carbocycles. The molecule has 0 aromatic heterocycles. The summed E-state index contributed by atoms with van der Waals surface area (Å²) in [4.78, 5) is 3.42. The second-order valence-corrected chi connectivity index (χ2v) is 6.14. The normalized spacial score (nSPS) is 16.1. The summed E-state index contributed by atoms with van der Waals surface area (Å²) in [6, 6.07) is 8.56. The molecule has 0 amide bonds. The number of benzene rings is 1. The summed E-state index contributed by atoms with van der Waals surface area (Å²) < 4.78 is 5.69. The van der Waals surface area contributed by atoms with Crippen LogP contribution in [0.3, 0.4) is 0 Å². The average molecular weight is 290 g/mol. The summed E-state index contributed by atoms with van der Waals surface area (Å²) in [5, 5.41) is 9.48. The molecular weight excluding hydrogens is 268 g/mol. The van der Waals surface area contributed by atoms with Crippen molar-refractivity contribution in [2.24, 2.45) is 0 Å². The van der Waals surface area contributed by atoms with Crippen molar-refractivity contribution in [3.8, 4) is 6.07 Å². The molecule has 1 fully saturated rings. The first-order chi connectivity index (χ1) is 9.80. The Morgan fingerprint density at radius 2 is 2.10 bits per heavy atom. The maximum atomic E-state index is 9.48. The van der Waals surface area contributed by atoms with Crippen LogP contribution < -0.4 is 4.90 Å². The molecule has 1 saturated heterocycles. The van der Waals surface area contributed by atoms with Crippen molar-refractivity contribution in [1.82, 2.24) is 0 Å². The van der Waals surface area contributed by atoms with Crippen LogP contribution in [0.2, 0.25) is 0 Å². The smallest absolute Gasteiger partial charge is 0.103 e. The van der Waals surface area contributed by atoms with Gasteiger partial charge in [0.1, 0.15) is 6.07 Å². The minimum Gasteiger partial charge on any atom is -0.378 e. The molecule has 0 radical (unpaired) electrons. The van der Waals surface area contributed by atoms with E-state index in [1.165, 1.54) is 0 Å². The minimum absolute atomic E-state index is 0.384. The van der Waals surface area contributed by atoms with E-state index >= 15 is 0 Å². The molecule has 0 N–H and O–H groups in total. The van der Waals surface area contributed by atoms with E-state index in [1.54, 1.807) is 11.8 Å². The van der Waals surface area contributed by atoms with Gasteiger partial charge in [0, 0.05) is 24.6 Å². The van der Waals surface area contributed by atoms with Gasteiger partial charge < -0.3 is 9.64 Å². The molecule has 1 heterocycles. The van der Waals surface area contributed by atoms with E-state index in [0.717, 1.165) is 54.4 Å². The van der Waals surface area contributed by atoms with Crippen LogP contribution in [0, 0.1) is 11.3 Å². The zero-order valence-corrected chi connectivity index (χ0v) is 13.1. The Morgan fingerprint density at radius 1 is 1.35 bits per heavy atom. The second-order valence-electron chi connectivity index (χ2n) is 4.84. The Balaban J connectivity index is 2.14. The number of nitrogens with zero attached hydrogens (tertiary/aromatic N) is 2. The summed E-state index contributed by atoms with van der Waals surface area (Å²) >= 11 is 1.74. The fraction of sp³-hybridized carbons (Fsp3) is 0.562. The van der Waals surface area contributed by atoms with Crippen molar-refractivity contribution in [3.63, 3.8) is 0 Å². The van der Waals surface area contributed by atoms with Crippen LogP contribution in [0.15, 0.2) is 23.1 Å². The van der Waals surface area contributed by atoms with Gasteiger partial charge in [-0.3, -0.25) is 0 Å². The van der Waals surface area contributed by atoms with Crippen molar-refractivity contribution < 1.29 is 4.74 Å². The largest absolute Gasteiger partial charge is 0.378 e. The van der Waals surface area contributed by atoms with E-state index in [-0.39, 0.29) is 0 Å². The molecule has 0 aliphatic carbocycles. The van der Waals surface area contributed by atoms with Crippen LogP contribution in [-0.2, 0) is 4.74 Å². The predicted octanol–water partition coefficient (Wildman–Crippen LogP) is 3.68. The van der Waals surface area contributed by atoms with Gasteiger partial charge in [0.15, 0.2) is 0 Å². The highest BCUT2D eigenvalue weighted by molar-refractivity contribution is 7.99. The number of hydrogen-bond acceptors (Lipinski definition) is 4. The highest BCUT2D eigenvalue weighted by Crippen LogP contribution is 2.31. The van der Waals surface area contributed by atoms with Gasteiger partial charge in [0.2, 0.25) is 0 Å². The highest BCUT2D eigenvalue weighted by Gasteiger charge is 2.22. The lowest BCUT2D eigenvalue weighted by atomic mass is 10.1. The Hall–Kier alpha value is -1.18. The third-order valence-electron chi connectivity index (χ3n) is 3.60. The van der Waals surface area contributed by atoms with Crippen LogP contribution in [0.25, 0.3) is 0 Å². The molecule has 0 atom stereocenters. The first-order valence-electron chi connectivity index (χ1n) is 7.32. The first-order valence-corrected chi connectivity index (χ1v) is 8.31. The van der Waals surface area contributed by atoms with E-state index in [4.69, 9.17) is 4.74 Å². The molecule has 2 rings (SSSR count). The molecule has 1 aliphatic heterocycles. The summed E-state index contributed by atoms with van der Waals surface area (Å²) in [6.45, 7) is 6.90. The maximum absolute atomic E-state index is 9.48. The van der Waals surface area contributed by atoms with Gasteiger partial charge in [-0.2, -0.15) is 5.26 Å². The van der Waals surface area contributed by atoms with Gasteiger partial charge in [-0.1, -0.05) is 13.0 Å². The molecule has 20 heavy (non-hydrogen) atoms. The first kappa shape index (κ1) is 15.2. The van der Waals surface area contributed by atoms with Crippen molar-refractivity contribution in [2.75, 3.05) is 30.3 Å². The zero-order valence-electron chi connectivity index (χ0n) is 12.3. The molecule has 0 bridgehead atoms. The maximum Gasteiger partial charge on any atom is 0.103 e. The Kier molecular flexibility index (Phi) is 5.75. The SMILES string of the molecule is CCOC1CCN(c2cccc(SCC)c2C#N)CC1. The molecule has 4 heteroatoms. The molecule has 0 unspecified atom stereocenters. The van der Waals surface area contributed by atoms with E-state index in [2.05, 4.69) is 30.0 Å². The number of anilines is 1. The lowest BCUT2D eigenvalue weighted by molar-refractivity contribution is 0.0459. The molecule has 0 saturated carbocycles. The quantitative estimate of drug-likeness (QED) is 0.775. The number of nitriles is 1. The summed E-state index contributed by atoms with van der Waals surface area (Å²) in [5.41, 5.74) is 1.91. The third kappa shape index (κ3) is 3.47. The van der Waals surface area contributed by atoms with Crippen LogP contribution in [0.4, 0.5) is 5.69 Å². The van der Waals surface area contributed by atoms with Crippen LogP contribution in [0.5, 0.6) is 0 Å². The predicted molar refractivity (Wildman–Crippen MR) is 84.4 cm³/mol. The molecule has 1 aliphatic rings. The molecule has 3 nitrogen and oxygen atoms in total. The number of hydrogen-bond donors (Lipinski definition) is 0. The van der Waals surface area contributed by atoms with Gasteiger partial charge in [-0.15, -0.1) is 11.8 Å². The van der Waals surface area contributed by atoms with E-state index < -0.39 is 0 Å². The lowest BCUT2D eigenvalue weighted by Crippen LogP contribution is -2.37. The average Bonchev–Trinajstić information content (AvgIpc) is 2.48. The summed E-state index contributed by atoms with van der Waals surface area (Å²) in [7, 11) is 0. The standard InChI is InChI=1S/C16H22N2OS/c1-3-19-13-8-10-18(11-9-13)15-6-5-7-16(20-4-2)14(15)12-17/h5-7,13H,3-4,8-11H2,1-2H3. The molecule has 108 valence electrons. The summed E-state index contributed by atoms with van der Waals surface area (Å²) in [6.07, 6.45) is 2.48. The van der Waals surface area contributed by atoms with E-state index in [0.29, 0.717) is 6.10 Å². The van der Waals surface area contributed by atoms with Gasteiger partial charge in [-0.05, 0) is 37.7 Å². The van der Waals surface area contributed by atoms with Gasteiger partial charge >= 0.3 is 0 Å². The Morgan fingerprint density at radius 3 is 2.70 bits per heavy atom. The highest BCUT2D eigenvalue weighted by atomic mass is 32.2. The number of thioether (sulfide) groups is 1. The fourth-order valence-electron chi connectivity index (χ4n) is 2.67. The number of ether oxygens (including phenoxy) is 1. The van der Waals surface area contributed by atoms with Gasteiger partial charge in [0.25, 0.3) is 0 Å². The molecular formula is C16H22N2OS. The molecule has 0 spiro atoms. The lowest BCUT2D eigenvalue weighted by Gasteiger charge is -2.34. The fourth-order valence-corrected chi connectivity index (χ4v) is 3.45. The second kappa shape index (κ2) is 7.56. The van der Waals surface area contributed by atoms with Crippen molar-refractivity contribution in [1.29, 1.82) is 5.26 Å². The number of rotatable bonds is 5. The van der Waals surface area contributed by atoms with Crippen LogP contribution in [0.1, 0.15) is 32.3 Å². The minimum atomic E-state index is 0.384. The topological polar surface area (TPSA) is 36.3 Å². The number of piperidine rings is 1. The van der Waals surface area contributed by atoms with Crippen molar-refractivity contribution in [2.45, 2.75) is 37.7 Å². The van der Waals surface area contributed by atoms with Crippen molar-refractivity contribution in [3.05, 3.63) is 23.8 Å². The van der Waals surface area contributed by atoms with Gasteiger partial charge in [0.05, 0.1) is 17.4 Å². The third-order valence-corrected chi connectivity index (χ3v) is 4.54. The Bertz CT molecular complexity index is 476. The van der Waals surface area contributed by atoms with Crippen molar-refractivity contribution >= 4 is 17.4 Å².